The molecule has 4 rings (SSSR count). The first-order valence-electron chi connectivity index (χ1n) is 12.6. The molecule has 0 bridgehead atoms. The van der Waals surface area contributed by atoms with Gasteiger partial charge in [0.15, 0.2) is 5.82 Å². The largest absolute Gasteiger partial charge is 0.495 e. The summed E-state index contributed by atoms with van der Waals surface area (Å²) in [4.78, 5) is 16.8. The van der Waals surface area contributed by atoms with Gasteiger partial charge in [-0.05, 0) is 47.9 Å². The van der Waals surface area contributed by atoms with Crippen molar-refractivity contribution in [2.45, 2.75) is 70.9 Å². The highest BCUT2D eigenvalue weighted by Crippen LogP contribution is 2.33. The Labute approximate surface area is 207 Å². The molecule has 0 radical (unpaired) electrons. The van der Waals surface area contributed by atoms with E-state index in [-0.39, 0.29) is 18.4 Å². The van der Waals surface area contributed by atoms with Crippen LogP contribution in [0.4, 0.5) is 5.69 Å². The van der Waals surface area contributed by atoms with Gasteiger partial charge in [0.1, 0.15) is 5.75 Å². The Balaban J connectivity index is 1.32. The number of carbonyl (C=O) groups excluding carboxylic acids is 1. The van der Waals surface area contributed by atoms with E-state index in [4.69, 9.17) is 9.26 Å². The number of anilines is 1. The molecule has 1 unspecified atom stereocenters. The number of benzene rings is 2. The smallest absolute Gasteiger partial charge is 0.240 e. The molecule has 0 saturated heterocycles. The predicted octanol–water partition coefficient (Wildman–Crippen LogP) is 5.79. The summed E-state index contributed by atoms with van der Waals surface area (Å²) in [5.74, 6) is 2.30. The molecule has 3 aromatic rings. The molecule has 1 atom stereocenters. The van der Waals surface area contributed by atoms with E-state index in [0.29, 0.717) is 41.5 Å². The molecular formula is C28H36N4O3. The third-order valence-electron chi connectivity index (χ3n) is 6.72. The molecule has 1 aromatic heterocycles. The van der Waals surface area contributed by atoms with Crippen molar-refractivity contribution < 1.29 is 14.1 Å². The van der Waals surface area contributed by atoms with Crippen LogP contribution in [-0.4, -0.2) is 23.2 Å². The molecule has 7 heteroatoms. The molecule has 0 spiro atoms. The minimum absolute atomic E-state index is 0.0256. The van der Waals surface area contributed by atoms with Crippen molar-refractivity contribution in [1.29, 1.82) is 0 Å². The standard InChI is InChI=1S/C28H36N4O3/c1-19(2)28(22-15-13-21(14-16-22)20-9-5-4-6-10-20)29-18-27-31-25(32-35-27)17-26(33)30-23-11-7-8-12-24(23)34-3/h7-8,11-16,19-20,28-29H,4-6,9-10,17-18H2,1-3H3,(H,30,33). The van der Waals surface area contributed by atoms with Crippen molar-refractivity contribution in [1.82, 2.24) is 15.5 Å². The van der Waals surface area contributed by atoms with Crippen LogP contribution in [0.1, 0.15) is 80.8 Å². The number of nitrogens with one attached hydrogen (secondary N) is 2. The minimum Gasteiger partial charge on any atom is -0.495 e. The van der Waals surface area contributed by atoms with Crippen LogP contribution in [-0.2, 0) is 17.8 Å². The van der Waals surface area contributed by atoms with E-state index in [2.05, 4.69) is 58.9 Å². The van der Waals surface area contributed by atoms with Crippen molar-refractivity contribution in [3.05, 3.63) is 71.4 Å². The first kappa shape index (κ1) is 24.9. The quantitative estimate of drug-likeness (QED) is 0.385. The molecule has 1 heterocycles. The van der Waals surface area contributed by atoms with Crippen molar-refractivity contribution in [3.8, 4) is 5.75 Å². The fourth-order valence-electron chi connectivity index (χ4n) is 4.87. The Morgan fingerprint density at radius 1 is 1.09 bits per heavy atom. The van der Waals surface area contributed by atoms with Crippen LogP contribution in [0.3, 0.4) is 0 Å². The molecule has 186 valence electrons. The molecule has 35 heavy (non-hydrogen) atoms. The second kappa shape index (κ2) is 12.0. The highest BCUT2D eigenvalue weighted by Gasteiger charge is 2.20. The maximum absolute atomic E-state index is 12.4. The van der Waals surface area contributed by atoms with E-state index in [1.165, 1.54) is 43.2 Å². The van der Waals surface area contributed by atoms with Crippen LogP contribution < -0.4 is 15.4 Å². The van der Waals surface area contributed by atoms with E-state index in [1.54, 1.807) is 19.2 Å². The van der Waals surface area contributed by atoms with Crippen molar-refractivity contribution >= 4 is 11.6 Å². The van der Waals surface area contributed by atoms with Gasteiger partial charge in [0, 0.05) is 6.04 Å². The average Bonchev–Trinajstić information content (AvgIpc) is 3.32. The number of rotatable bonds is 10. The molecule has 1 aliphatic rings. The van der Waals surface area contributed by atoms with Crippen LogP contribution >= 0.6 is 0 Å². The lowest BCUT2D eigenvalue weighted by molar-refractivity contribution is -0.115. The van der Waals surface area contributed by atoms with Gasteiger partial charge in [0.05, 0.1) is 25.8 Å². The normalized spacial score (nSPS) is 15.2. The average molecular weight is 477 g/mol. The van der Waals surface area contributed by atoms with Gasteiger partial charge >= 0.3 is 0 Å². The van der Waals surface area contributed by atoms with Gasteiger partial charge in [-0.1, -0.05) is 74.7 Å². The fourth-order valence-corrected chi connectivity index (χ4v) is 4.87. The minimum atomic E-state index is -0.229. The van der Waals surface area contributed by atoms with Crippen molar-refractivity contribution in [3.63, 3.8) is 0 Å². The zero-order valence-corrected chi connectivity index (χ0v) is 20.9. The van der Waals surface area contributed by atoms with Gasteiger partial charge in [0.25, 0.3) is 0 Å². The lowest BCUT2D eigenvalue weighted by atomic mass is 9.83. The van der Waals surface area contributed by atoms with Crippen LogP contribution in [0.15, 0.2) is 53.1 Å². The van der Waals surface area contributed by atoms with E-state index in [1.807, 2.05) is 12.1 Å². The summed E-state index contributed by atoms with van der Waals surface area (Å²) in [7, 11) is 1.57. The Morgan fingerprint density at radius 3 is 2.54 bits per heavy atom. The third kappa shape index (κ3) is 6.69. The number of aromatic nitrogens is 2. The maximum Gasteiger partial charge on any atom is 0.240 e. The van der Waals surface area contributed by atoms with Crippen LogP contribution in [0.25, 0.3) is 0 Å². The molecule has 1 saturated carbocycles. The zero-order chi connectivity index (χ0) is 24.6. The first-order chi connectivity index (χ1) is 17.0. The molecular weight excluding hydrogens is 440 g/mol. The van der Waals surface area contributed by atoms with Crippen LogP contribution in [0.5, 0.6) is 5.75 Å². The summed E-state index contributed by atoms with van der Waals surface area (Å²) >= 11 is 0. The fraction of sp³-hybridized carbons (Fsp3) is 0.464. The number of amides is 1. The number of carbonyl (C=O) groups is 1. The lowest BCUT2D eigenvalue weighted by Gasteiger charge is -2.25. The first-order valence-corrected chi connectivity index (χ1v) is 12.6. The highest BCUT2D eigenvalue weighted by atomic mass is 16.5. The molecule has 0 aliphatic heterocycles. The van der Waals surface area contributed by atoms with Gasteiger partial charge in [-0.3, -0.25) is 4.79 Å². The molecule has 2 aromatic carbocycles. The summed E-state index contributed by atoms with van der Waals surface area (Å²) in [6.07, 6.45) is 6.70. The molecule has 1 fully saturated rings. The number of hydrogen-bond acceptors (Lipinski definition) is 6. The number of nitrogens with zero attached hydrogens (tertiary/aromatic N) is 2. The SMILES string of the molecule is COc1ccccc1NC(=O)Cc1noc(CNC(c2ccc(C3CCCCC3)cc2)C(C)C)n1. The summed E-state index contributed by atoms with van der Waals surface area (Å²) in [6.45, 7) is 4.84. The lowest BCUT2D eigenvalue weighted by Crippen LogP contribution is -2.25. The second-order valence-electron chi connectivity index (χ2n) is 9.63. The summed E-state index contributed by atoms with van der Waals surface area (Å²) in [5.41, 5.74) is 3.33. The number of methoxy groups -OCH3 is 1. The van der Waals surface area contributed by atoms with E-state index < -0.39 is 0 Å². The highest BCUT2D eigenvalue weighted by molar-refractivity contribution is 5.93. The van der Waals surface area contributed by atoms with E-state index in [9.17, 15) is 4.79 Å². The Hall–Kier alpha value is -3.19. The van der Waals surface area contributed by atoms with Gasteiger partial charge in [-0.2, -0.15) is 4.98 Å². The Morgan fingerprint density at radius 2 is 1.83 bits per heavy atom. The topological polar surface area (TPSA) is 89.3 Å². The summed E-state index contributed by atoms with van der Waals surface area (Å²) in [6, 6.07) is 16.5. The maximum atomic E-state index is 12.4. The molecule has 1 aliphatic carbocycles. The number of ether oxygens (including phenoxy) is 1. The van der Waals surface area contributed by atoms with E-state index >= 15 is 0 Å². The van der Waals surface area contributed by atoms with Gasteiger partial charge in [-0.15, -0.1) is 0 Å². The van der Waals surface area contributed by atoms with Crippen LogP contribution in [0, 0.1) is 5.92 Å². The van der Waals surface area contributed by atoms with Gasteiger partial charge < -0.3 is 19.9 Å². The van der Waals surface area contributed by atoms with Crippen LogP contribution in [0.2, 0.25) is 0 Å². The van der Waals surface area contributed by atoms with E-state index in [0.717, 1.165) is 0 Å². The molecule has 1 amide bonds. The Kier molecular flexibility index (Phi) is 8.53. The monoisotopic (exact) mass is 476 g/mol. The Bertz CT molecular complexity index is 1090. The van der Waals surface area contributed by atoms with Crippen molar-refractivity contribution in [2.24, 2.45) is 5.92 Å². The predicted molar refractivity (Wildman–Crippen MR) is 136 cm³/mol. The number of hydrogen-bond donors (Lipinski definition) is 2. The molecule has 2 N–H and O–H groups in total. The third-order valence-corrected chi connectivity index (χ3v) is 6.72. The van der Waals surface area contributed by atoms with Gasteiger partial charge in [-0.25, -0.2) is 0 Å². The van der Waals surface area contributed by atoms with Crippen molar-refractivity contribution in [2.75, 3.05) is 12.4 Å². The number of para-hydroxylation sites is 2. The summed E-state index contributed by atoms with van der Waals surface area (Å²) < 4.78 is 10.7. The summed E-state index contributed by atoms with van der Waals surface area (Å²) in [5, 5.41) is 10.4. The second-order valence-corrected chi connectivity index (χ2v) is 9.63. The van der Waals surface area contributed by atoms with Gasteiger partial charge in [0.2, 0.25) is 11.8 Å². The zero-order valence-electron chi connectivity index (χ0n) is 20.9. The molecule has 7 nitrogen and oxygen atoms in total.